The van der Waals surface area contributed by atoms with Crippen molar-refractivity contribution >= 4 is 5.82 Å². The van der Waals surface area contributed by atoms with Gasteiger partial charge in [-0.05, 0) is 19.8 Å². The third kappa shape index (κ3) is 2.92. The monoisotopic (exact) mass is 199 g/mol. The highest BCUT2D eigenvalue weighted by Crippen LogP contribution is 2.11. The van der Waals surface area contributed by atoms with Gasteiger partial charge >= 0.3 is 0 Å². The number of anilines is 1. The number of nitrogens with one attached hydrogen (secondary N) is 1. The number of rotatable bonds is 5. The molecule has 4 nitrogen and oxygen atoms in total. The average molecular weight is 199 g/mol. The lowest BCUT2D eigenvalue weighted by Crippen LogP contribution is -2.07. The van der Waals surface area contributed by atoms with Gasteiger partial charge in [-0.3, -0.25) is 0 Å². The van der Waals surface area contributed by atoms with Gasteiger partial charge in [0.2, 0.25) is 0 Å². The molecule has 5 heteroatoms. The first kappa shape index (κ1) is 10.8. The van der Waals surface area contributed by atoms with Gasteiger partial charge < -0.3 is 10.4 Å². The lowest BCUT2D eigenvalue weighted by Gasteiger charge is -2.06. The SMILES string of the molecule is Cc1ncnc(NCCCCO)c1F. The summed E-state index contributed by atoms with van der Waals surface area (Å²) in [6, 6.07) is 0. The summed E-state index contributed by atoms with van der Waals surface area (Å²) in [6.45, 7) is 2.36. The Hall–Kier alpha value is -1.23. The number of aryl methyl sites for hydroxylation is 1. The van der Waals surface area contributed by atoms with Crippen molar-refractivity contribution in [3.8, 4) is 0 Å². The zero-order valence-electron chi connectivity index (χ0n) is 8.13. The van der Waals surface area contributed by atoms with Crippen molar-refractivity contribution in [3.63, 3.8) is 0 Å². The predicted molar refractivity (Wildman–Crippen MR) is 51.5 cm³/mol. The largest absolute Gasteiger partial charge is 0.396 e. The second kappa shape index (κ2) is 5.49. The first-order valence-corrected chi connectivity index (χ1v) is 4.57. The van der Waals surface area contributed by atoms with E-state index >= 15 is 0 Å². The van der Waals surface area contributed by atoms with E-state index in [4.69, 9.17) is 5.11 Å². The predicted octanol–water partition coefficient (Wildman–Crippen LogP) is 1.11. The van der Waals surface area contributed by atoms with Crippen molar-refractivity contribution in [3.05, 3.63) is 17.8 Å². The fourth-order valence-electron chi connectivity index (χ4n) is 1.02. The topological polar surface area (TPSA) is 58.0 Å². The third-order valence-electron chi connectivity index (χ3n) is 1.84. The van der Waals surface area contributed by atoms with Gasteiger partial charge in [-0.1, -0.05) is 0 Å². The van der Waals surface area contributed by atoms with Gasteiger partial charge in [0.25, 0.3) is 0 Å². The lowest BCUT2D eigenvalue weighted by atomic mass is 10.3. The highest BCUT2D eigenvalue weighted by Gasteiger charge is 2.05. The van der Waals surface area contributed by atoms with Crippen LogP contribution in [-0.4, -0.2) is 28.2 Å². The Morgan fingerprint density at radius 3 is 2.93 bits per heavy atom. The van der Waals surface area contributed by atoms with Gasteiger partial charge in [0.1, 0.15) is 6.33 Å². The van der Waals surface area contributed by atoms with Gasteiger partial charge in [-0.15, -0.1) is 0 Å². The van der Waals surface area contributed by atoms with Crippen LogP contribution in [0.2, 0.25) is 0 Å². The van der Waals surface area contributed by atoms with Crippen LogP contribution < -0.4 is 5.32 Å². The molecule has 0 radical (unpaired) electrons. The van der Waals surface area contributed by atoms with Crippen LogP contribution >= 0.6 is 0 Å². The van der Waals surface area contributed by atoms with Crippen molar-refractivity contribution < 1.29 is 9.50 Å². The Balaban J connectivity index is 2.46. The molecule has 78 valence electrons. The molecule has 14 heavy (non-hydrogen) atoms. The third-order valence-corrected chi connectivity index (χ3v) is 1.84. The molecule has 0 bridgehead atoms. The zero-order chi connectivity index (χ0) is 10.4. The molecule has 0 unspecified atom stereocenters. The number of aromatic nitrogens is 2. The molecule has 0 atom stereocenters. The van der Waals surface area contributed by atoms with Gasteiger partial charge in [-0.2, -0.15) is 0 Å². The Labute approximate surface area is 82.2 Å². The fraction of sp³-hybridized carbons (Fsp3) is 0.556. The van der Waals surface area contributed by atoms with E-state index in [1.165, 1.54) is 6.33 Å². The standard InChI is InChI=1S/C9H14FN3O/c1-7-8(10)9(13-6-12-7)11-4-2-3-5-14/h6,14H,2-5H2,1H3,(H,11,12,13). The summed E-state index contributed by atoms with van der Waals surface area (Å²) in [4.78, 5) is 7.49. The maximum absolute atomic E-state index is 13.3. The normalized spacial score (nSPS) is 10.2. The van der Waals surface area contributed by atoms with Crippen molar-refractivity contribution in [1.29, 1.82) is 0 Å². The summed E-state index contributed by atoms with van der Waals surface area (Å²) in [7, 11) is 0. The summed E-state index contributed by atoms with van der Waals surface area (Å²) in [6.07, 6.45) is 2.82. The highest BCUT2D eigenvalue weighted by molar-refractivity contribution is 5.36. The van der Waals surface area contributed by atoms with E-state index < -0.39 is 5.82 Å². The van der Waals surface area contributed by atoms with Crippen LogP contribution in [0.3, 0.4) is 0 Å². The van der Waals surface area contributed by atoms with Crippen LogP contribution in [0.5, 0.6) is 0 Å². The van der Waals surface area contributed by atoms with Crippen LogP contribution in [0.15, 0.2) is 6.33 Å². The Kier molecular flexibility index (Phi) is 4.25. The number of aliphatic hydroxyl groups is 1. The van der Waals surface area contributed by atoms with Crippen LogP contribution in [0.4, 0.5) is 10.2 Å². The summed E-state index contributed by atoms with van der Waals surface area (Å²) in [5.74, 6) is -0.174. The van der Waals surface area contributed by atoms with E-state index in [2.05, 4.69) is 15.3 Å². The zero-order valence-corrected chi connectivity index (χ0v) is 8.13. The summed E-state index contributed by atoms with van der Waals surface area (Å²) in [5, 5.41) is 11.4. The van der Waals surface area contributed by atoms with Crippen molar-refractivity contribution in [2.45, 2.75) is 19.8 Å². The van der Waals surface area contributed by atoms with Gasteiger partial charge in [0.05, 0.1) is 5.69 Å². The van der Waals surface area contributed by atoms with Gasteiger partial charge in [0.15, 0.2) is 11.6 Å². The summed E-state index contributed by atoms with van der Waals surface area (Å²) < 4.78 is 13.3. The molecule has 1 heterocycles. The molecule has 0 saturated carbocycles. The number of hydrogen-bond acceptors (Lipinski definition) is 4. The van der Waals surface area contributed by atoms with Crippen LogP contribution in [0.1, 0.15) is 18.5 Å². The number of aliphatic hydroxyl groups excluding tert-OH is 1. The molecule has 0 aliphatic rings. The summed E-state index contributed by atoms with van der Waals surface area (Å²) >= 11 is 0. The number of unbranched alkanes of at least 4 members (excludes halogenated alkanes) is 1. The molecular weight excluding hydrogens is 185 g/mol. The number of hydrogen-bond donors (Lipinski definition) is 2. The minimum absolute atomic E-state index is 0.160. The maximum Gasteiger partial charge on any atom is 0.186 e. The first-order valence-electron chi connectivity index (χ1n) is 4.57. The van der Waals surface area contributed by atoms with Gasteiger partial charge in [0, 0.05) is 13.2 Å². The number of nitrogens with zero attached hydrogens (tertiary/aromatic N) is 2. The Morgan fingerprint density at radius 1 is 1.43 bits per heavy atom. The molecule has 0 aromatic carbocycles. The Morgan fingerprint density at radius 2 is 2.21 bits per heavy atom. The highest BCUT2D eigenvalue weighted by atomic mass is 19.1. The van der Waals surface area contributed by atoms with Crippen molar-refractivity contribution in [2.75, 3.05) is 18.5 Å². The molecular formula is C9H14FN3O. The molecule has 2 N–H and O–H groups in total. The van der Waals surface area contributed by atoms with E-state index in [1.807, 2.05) is 0 Å². The number of halogens is 1. The van der Waals surface area contributed by atoms with E-state index in [9.17, 15) is 4.39 Å². The van der Waals surface area contributed by atoms with E-state index in [0.29, 0.717) is 18.7 Å². The average Bonchev–Trinajstić information content (AvgIpc) is 2.19. The van der Waals surface area contributed by atoms with E-state index in [1.54, 1.807) is 6.92 Å². The van der Waals surface area contributed by atoms with E-state index in [0.717, 1.165) is 6.42 Å². The molecule has 0 spiro atoms. The van der Waals surface area contributed by atoms with Crippen molar-refractivity contribution in [2.24, 2.45) is 0 Å². The minimum Gasteiger partial charge on any atom is -0.396 e. The molecule has 0 fully saturated rings. The molecule has 1 rings (SSSR count). The van der Waals surface area contributed by atoms with Gasteiger partial charge in [-0.25, -0.2) is 14.4 Å². The maximum atomic E-state index is 13.3. The minimum atomic E-state index is -0.406. The molecule has 1 aromatic rings. The lowest BCUT2D eigenvalue weighted by molar-refractivity contribution is 0.286. The second-order valence-corrected chi connectivity index (χ2v) is 2.98. The molecule has 0 saturated heterocycles. The molecule has 0 aliphatic heterocycles. The van der Waals surface area contributed by atoms with Crippen LogP contribution in [0.25, 0.3) is 0 Å². The quantitative estimate of drug-likeness (QED) is 0.697. The van der Waals surface area contributed by atoms with Crippen LogP contribution in [-0.2, 0) is 0 Å². The Bertz CT molecular complexity index is 293. The van der Waals surface area contributed by atoms with Crippen LogP contribution in [0, 0.1) is 12.7 Å². The molecule has 1 aromatic heterocycles. The van der Waals surface area contributed by atoms with E-state index in [-0.39, 0.29) is 12.4 Å². The molecule has 0 aliphatic carbocycles. The molecule has 0 amide bonds. The summed E-state index contributed by atoms with van der Waals surface area (Å²) in [5.41, 5.74) is 0.338. The first-order chi connectivity index (χ1) is 6.75. The smallest absolute Gasteiger partial charge is 0.186 e. The van der Waals surface area contributed by atoms with Crippen molar-refractivity contribution in [1.82, 2.24) is 9.97 Å². The second-order valence-electron chi connectivity index (χ2n) is 2.98. The fourth-order valence-corrected chi connectivity index (χ4v) is 1.02.